The first kappa shape index (κ1) is 19.4. The predicted molar refractivity (Wildman–Crippen MR) is 94.7 cm³/mol. The van der Waals surface area contributed by atoms with Gasteiger partial charge in [0, 0.05) is 13.1 Å². The molecule has 1 aromatic rings. The summed E-state index contributed by atoms with van der Waals surface area (Å²) in [5.74, 6) is 0.449. The molecule has 1 saturated carbocycles. The molecule has 1 aliphatic carbocycles. The van der Waals surface area contributed by atoms with E-state index in [1.807, 2.05) is 6.92 Å². The van der Waals surface area contributed by atoms with E-state index in [0.717, 1.165) is 31.2 Å². The van der Waals surface area contributed by atoms with Gasteiger partial charge in [-0.05, 0) is 44.2 Å². The van der Waals surface area contributed by atoms with Gasteiger partial charge in [-0.3, -0.25) is 0 Å². The fourth-order valence-electron chi connectivity index (χ4n) is 2.87. The first-order chi connectivity index (χ1) is 11.3. The number of sulfonamides is 2. The van der Waals surface area contributed by atoms with Gasteiger partial charge in [-0.15, -0.1) is 0 Å². The van der Waals surface area contributed by atoms with Crippen LogP contribution in [0, 0.1) is 12.8 Å². The average Bonchev–Trinajstić information content (AvgIpc) is 2.99. The van der Waals surface area contributed by atoms with Crippen LogP contribution in [-0.2, 0) is 20.0 Å². The van der Waals surface area contributed by atoms with Gasteiger partial charge in [0.05, 0.1) is 10.6 Å². The van der Waals surface area contributed by atoms with Crippen LogP contribution in [0.3, 0.4) is 0 Å². The lowest BCUT2D eigenvalue weighted by Crippen LogP contribution is -2.32. The highest BCUT2D eigenvalue weighted by atomic mass is 32.2. The summed E-state index contributed by atoms with van der Waals surface area (Å²) in [6, 6.07) is 6.60. The Balaban J connectivity index is 1.71. The SMILES string of the molecule is Cc1ccc(S(=O)(=O)NCCCNS(=O)(=O)CC2CCCC2)cc1. The van der Waals surface area contributed by atoms with Gasteiger partial charge < -0.3 is 0 Å². The van der Waals surface area contributed by atoms with Crippen molar-refractivity contribution in [2.24, 2.45) is 5.92 Å². The molecule has 0 aliphatic heterocycles. The third-order valence-electron chi connectivity index (χ3n) is 4.23. The second kappa shape index (κ2) is 8.42. The van der Waals surface area contributed by atoms with Crippen LogP contribution in [-0.4, -0.2) is 35.7 Å². The summed E-state index contributed by atoms with van der Waals surface area (Å²) in [7, 11) is -6.80. The van der Waals surface area contributed by atoms with Crippen molar-refractivity contribution in [3.05, 3.63) is 29.8 Å². The molecule has 8 heteroatoms. The summed E-state index contributed by atoms with van der Waals surface area (Å²) < 4.78 is 53.1. The van der Waals surface area contributed by atoms with E-state index in [1.54, 1.807) is 24.3 Å². The lowest BCUT2D eigenvalue weighted by Gasteiger charge is -2.11. The van der Waals surface area contributed by atoms with Crippen molar-refractivity contribution in [2.45, 2.75) is 43.9 Å². The first-order valence-electron chi connectivity index (χ1n) is 8.32. The smallest absolute Gasteiger partial charge is 0.215 e. The van der Waals surface area contributed by atoms with E-state index in [1.165, 1.54) is 0 Å². The van der Waals surface area contributed by atoms with Crippen molar-refractivity contribution in [2.75, 3.05) is 18.8 Å². The van der Waals surface area contributed by atoms with Gasteiger partial charge in [-0.2, -0.15) is 0 Å². The summed E-state index contributed by atoms with van der Waals surface area (Å²) in [6.07, 6.45) is 4.60. The number of rotatable bonds is 9. The summed E-state index contributed by atoms with van der Waals surface area (Å²) in [5.41, 5.74) is 0.991. The summed E-state index contributed by atoms with van der Waals surface area (Å²) in [6.45, 7) is 2.33. The zero-order chi connectivity index (χ0) is 17.6. The van der Waals surface area contributed by atoms with Crippen LogP contribution in [0.5, 0.6) is 0 Å². The van der Waals surface area contributed by atoms with Gasteiger partial charge in [0.15, 0.2) is 0 Å². The maximum atomic E-state index is 12.1. The highest BCUT2D eigenvalue weighted by Crippen LogP contribution is 2.25. The van der Waals surface area contributed by atoms with Crippen molar-refractivity contribution >= 4 is 20.0 Å². The number of hydrogen-bond acceptors (Lipinski definition) is 4. The monoisotopic (exact) mass is 374 g/mol. The van der Waals surface area contributed by atoms with E-state index >= 15 is 0 Å². The quantitative estimate of drug-likeness (QED) is 0.644. The van der Waals surface area contributed by atoms with E-state index in [4.69, 9.17) is 0 Å². The minimum absolute atomic E-state index is 0.183. The summed E-state index contributed by atoms with van der Waals surface area (Å²) >= 11 is 0. The zero-order valence-corrected chi connectivity index (χ0v) is 15.6. The van der Waals surface area contributed by atoms with Crippen LogP contribution in [0.25, 0.3) is 0 Å². The second-order valence-electron chi connectivity index (χ2n) is 6.39. The highest BCUT2D eigenvalue weighted by Gasteiger charge is 2.22. The molecule has 1 aliphatic rings. The third kappa shape index (κ3) is 6.16. The van der Waals surface area contributed by atoms with Crippen molar-refractivity contribution in [1.29, 1.82) is 0 Å². The third-order valence-corrected chi connectivity index (χ3v) is 7.26. The van der Waals surface area contributed by atoms with E-state index in [9.17, 15) is 16.8 Å². The molecule has 136 valence electrons. The molecule has 1 fully saturated rings. The average molecular weight is 375 g/mol. The standard InChI is InChI=1S/C16H26N2O4S2/c1-14-7-9-16(10-8-14)24(21,22)18-12-4-11-17-23(19,20)13-15-5-2-3-6-15/h7-10,15,17-18H,2-6,11-13H2,1H3. The zero-order valence-electron chi connectivity index (χ0n) is 14.0. The molecular formula is C16H26N2O4S2. The molecule has 6 nitrogen and oxygen atoms in total. The van der Waals surface area contributed by atoms with Crippen molar-refractivity contribution in [3.63, 3.8) is 0 Å². The van der Waals surface area contributed by atoms with Crippen molar-refractivity contribution < 1.29 is 16.8 Å². The van der Waals surface area contributed by atoms with E-state index in [-0.39, 0.29) is 29.7 Å². The van der Waals surface area contributed by atoms with E-state index in [2.05, 4.69) is 9.44 Å². The van der Waals surface area contributed by atoms with E-state index < -0.39 is 20.0 Å². The van der Waals surface area contributed by atoms with Gasteiger partial charge in [0.25, 0.3) is 0 Å². The van der Waals surface area contributed by atoms with Crippen LogP contribution < -0.4 is 9.44 Å². The molecule has 24 heavy (non-hydrogen) atoms. The molecule has 0 heterocycles. The lowest BCUT2D eigenvalue weighted by molar-refractivity contribution is 0.545. The molecule has 0 aromatic heterocycles. The number of benzene rings is 1. The van der Waals surface area contributed by atoms with Crippen LogP contribution in [0.1, 0.15) is 37.7 Å². The number of hydrogen-bond donors (Lipinski definition) is 2. The molecule has 0 unspecified atom stereocenters. The Morgan fingerprint density at radius 3 is 2.17 bits per heavy atom. The second-order valence-corrected chi connectivity index (χ2v) is 10.0. The summed E-state index contributed by atoms with van der Waals surface area (Å²) in [4.78, 5) is 0.218. The molecule has 1 aromatic carbocycles. The molecule has 0 saturated heterocycles. The maximum Gasteiger partial charge on any atom is 0.240 e. The van der Waals surface area contributed by atoms with Crippen molar-refractivity contribution in [3.8, 4) is 0 Å². The highest BCUT2D eigenvalue weighted by molar-refractivity contribution is 7.89. The Labute approximate surface area is 145 Å². The minimum atomic E-state index is -3.54. The van der Waals surface area contributed by atoms with Crippen LogP contribution in [0.2, 0.25) is 0 Å². The molecular weight excluding hydrogens is 348 g/mol. The van der Waals surface area contributed by atoms with Gasteiger partial charge >= 0.3 is 0 Å². The largest absolute Gasteiger partial charge is 0.240 e. The molecule has 0 bridgehead atoms. The number of aryl methyl sites for hydroxylation is 1. The Kier molecular flexibility index (Phi) is 6.79. The van der Waals surface area contributed by atoms with Gasteiger partial charge in [-0.1, -0.05) is 30.5 Å². The van der Waals surface area contributed by atoms with Crippen LogP contribution in [0.15, 0.2) is 29.2 Å². The topological polar surface area (TPSA) is 92.3 Å². The molecule has 2 rings (SSSR count). The summed E-state index contributed by atoms with van der Waals surface area (Å²) in [5, 5.41) is 0. The minimum Gasteiger partial charge on any atom is -0.215 e. The lowest BCUT2D eigenvalue weighted by atomic mass is 10.1. The number of nitrogens with one attached hydrogen (secondary N) is 2. The molecule has 0 amide bonds. The fraction of sp³-hybridized carbons (Fsp3) is 0.625. The molecule has 0 spiro atoms. The van der Waals surface area contributed by atoms with Crippen LogP contribution in [0.4, 0.5) is 0 Å². The molecule has 0 atom stereocenters. The Morgan fingerprint density at radius 2 is 1.54 bits per heavy atom. The van der Waals surface area contributed by atoms with Gasteiger partial charge in [-0.25, -0.2) is 26.3 Å². The fourth-order valence-corrected chi connectivity index (χ4v) is 5.47. The Morgan fingerprint density at radius 1 is 0.958 bits per heavy atom. The van der Waals surface area contributed by atoms with Gasteiger partial charge in [0.1, 0.15) is 0 Å². The molecule has 2 N–H and O–H groups in total. The Hall–Kier alpha value is -0.960. The predicted octanol–water partition coefficient (Wildman–Crippen LogP) is 1.77. The van der Waals surface area contributed by atoms with E-state index in [0.29, 0.717) is 6.42 Å². The normalized spacial score (nSPS) is 16.5. The van der Waals surface area contributed by atoms with Crippen molar-refractivity contribution in [1.82, 2.24) is 9.44 Å². The van der Waals surface area contributed by atoms with Crippen LogP contribution >= 0.6 is 0 Å². The first-order valence-corrected chi connectivity index (χ1v) is 11.5. The Bertz CT molecular complexity index is 722. The molecule has 0 radical (unpaired) electrons. The maximum absolute atomic E-state index is 12.1. The van der Waals surface area contributed by atoms with Gasteiger partial charge in [0.2, 0.25) is 20.0 Å².